The molecule has 2 aliphatic heterocycles. The van der Waals surface area contributed by atoms with Crippen LogP contribution < -0.4 is 15.2 Å². The third-order valence-electron chi connectivity index (χ3n) is 10.8. The lowest BCUT2D eigenvalue weighted by atomic mass is 9.77. The molecule has 1 unspecified atom stereocenters. The number of carboxylic acid groups (broad SMARTS) is 1. The van der Waals surface area contributed by atoms with E-state index in [0.717, 1.165) is 31.2 Å². The molecule has 1 fully saturated rings. The lowest BCUT2D eigenvalue weighted by molar-refractivity contribution is -0.696. The summed E-state index contributed by atoms with van der Waals surface area (Å²) < 4.78 is 9.11. The first-order chi connectivity index (χ1) is 32.1. The zero-order chi connectivity index (χ0) is 47.5. The van der Waals surface area contributed by atoms with Crippen molar-refractivity contribution in [1.29, 1.82) is 0 Å². The summed E-state index contributed by atoms with van der Waals surface area (Å²) >= 11 is 5.41. The summed E-state index contributed by atoms with van der Waals surface area (Å²) in [4.78, 5) is 71.1. The van der Waals surface area contributed by atoms with Gasteiger partial charge in [0.15, 0.2) is 34.1 Å². The minimum Gasteiger partial charge on any atom is -0.477 e. The molecule has 5 heterocycles. The summed E-state index contributed by atoms with van der Waals surface area (Å²) in [5, 5.41) is 31.8. The van der Waals surface area contributed by atoms with E-state index < -0.39 is 51.9 Å². The number of benzene rings is 3. The minimum atomic E-state index is -1.65. The maximum atomic E-state index is 14.5. The van der Waals surface area contributed by atoms with Gasteiger partial charge in [0, 0.05) is 23.0 Å². The topological polar surface area (TPSA) is 197 Å². The van der Waals surface area contributed by atoms with Crippen LogP contribution in [0.1, 0.15) is 57.0 Å². The molecule has 15 nitrogen and oxygen atoms in total. The van der Waals surface area contributed by atoms with Crippen LogP contribution >= 0.6 is 46.2 Å². The Morgan fingerprint density at radius 1 is 0.925 bits per heavy atom. The molecule has 2 atom stereocenters. The molecule has 2 aliphatic rings. The van der Waals surface area contributed by atoms with E-state index in [1.165, 1.54) is 64.9 Å². The molecule has 0 aliphatic carbocycles. The number of ether oxygens (including phenoxy) is 1. The van der Waals surface area contributed by atoms with E-state index in [-0.39, 0.29) is 35.2 Å². The zero-order valence-corrected chi connectivity index (χ0v) is 40.4. The normalized spacial score (nSPS) is 16.6. The predicted octanol–water partition coefficient (Wildman–Crippen LogP) is 6.81. The quantitative estimate of drug-likeness (QED) is 0.0142. The van der Waals surface area contributed by atoms with Crippen molar-refractivity contribution in [2.75, 3.05) is 23.4 Å². The molecule has 2 amide bonds. The van der Waals surface area contributed by atoms with Crippen LogP contribution in [-0.2, 0) is 40.8 Å². The number of pyridine rings is 1. The Morgan fingerprint density at radius 2 is 1.55 bits per heavy atom. The molecule has 0 bridgehead atoms. The number of amides is 2. The van der Waals surface area contributed by atoms with E-state index in [0.29, 0.717) is 17.2 Å². The van der Waals surface area contributed by atoms with E-state index in [4.69, 9.17) is 19.5 Å². The summed E-state index contributed by atoms with van der Waals surface area (Å²) in [6.45, 7) is 8.53. The van der Waals surface area contributed by atoms with Crippen molar-refractivity contribution in [1.82, 2.24) is 20.2 Å². The number of oxime groups is 1. The van der Waals surface area contributed by atoms with Crippen molar-refractivity contribution in [2.24, 2.45) is 5.16 Å². The molecule has 6 aromatic rings. The number of nitrogens with one attached hydrogen (secondary N) is 2. The lowest BCUT2D eigenvalue weighted by Gasteiger charge is -2.49. The van der Waals surface area contributed by atoms with Gasteiger partial charge in [-0.3, -0.25) is 14.5 Å². The summed E-state index contributed by atoms with van der Waals surface area (Å²) in [6, 6.07) is 30.6. The van der Waals surface area contributed by atoms with Gasteiger partial charge in [-0.15, -0.1) is 34.4 Å². The van der Waals surface area contributed by atoms with E-state index in [1.807, 2.05) is 114 Å². The van der Waals surface area contributed by atoms with Crippen molar-refractivity contribution in [3.63, 3.8) is 0 Å². The monoisotopic (exact) mass is 978 g/mol. The van der Waals surface area contributed by atoms with Gasteiger partial charge in [0.2, 0.25) is 5.60 Å². The van der Waals surface area contributed by atoms with Gasteiger partial charge >= 0.3 is 11.9 Å². The molecule has 4 N–H and O–H groups in total. The molecule has 0 radical (unpaired) electrons. The van der Waals surface area contributed by atoms with Crippen LogP contribution in [0, 0.1) is 0 Å². The number of thiazole rings is 2. The van der Waals surface area contributed by atoms with Crippen molar-refractivity contribution < 1.29 is 43.5 Å². The Kier molecular flexibility index (Phi) is 13.9. The summed E-state index contributed by atoms with van der Waals surface area (Å²) in [5.74, 6) is -2.84. The van der Waals surface area contributed by atoms with E-state index in [9.17, 15) is 29.4 Å². The molecule has 0 saturated carbocycles. The van der Waals surface area contributed by atoms with Gasteiger partial charge in [-0.05, 0) is 56.9 Å². The summed E-state index contributed by atoms with van der Waals surface area (Å²) in [5.41, 5.74) is 0.311. The Morgan fingerprint density at radius 3 is 2.13 bits per heavy atom. The largest absolute Gasteiger partial charge is 0.477 e. The van der Waals surface area contributed by atoms with Crippen LogP contribution in [0.5, 0.6) is 0 Å². The van der Waals surface area contributed by atoms with Crippen molar-refractivity contribution in [2.45, 2.75) is 73.7 Å². The van der Waals surface area contributed by atoms with Gasteiger partial charge in [0.25, 0.3) is 11.8 Å². The number of aromatic nitrogens is 3. The molecule has 8 rings (SSSR count). The summed E-state index contributed by atoms with van der Waals surface area (Å²) in [6.07, 6.45) is 3.72. The van der Waals surface area contributed by atoms with Gasteiger partial charge in [-0.1, -0.05) is 108 Å². The van der Waals surface area contributed by atoms with Crippen LogP contribution in [0.2, 0.25) is 0 Å². The lowest BCUT2D eigenvalue weighted by Crippen LogP contribution is -2.71. The van der Waals surface area contributed by atoms with Crippen molar-refractivity contribution in [3.8, 4) is 0 Å². The summed E-state index contributed by atoms with van der Waals surface area (Å²) in [7, 11) is 0. The zero-order valence-electron chi connectivity index (χ0n) is 37.2. The smallest absolute Gasteiger partial charge is 0.353 e. The number of aliphatic hydroxyl groups excluding tert-OH is 1. The SMILES string of the molecule is CC(C)(C)OC(=O)C(C)(C)ON=C(C(=O)NC1C(=O)N2C(C(=O)O)=C(CSc3nc4c[n+](CCO)ccc4s3)CS[C@@H]12)c1csc(NC(c2ccccc2)(c2ccccc2)c2ccccc2)n1. The Bertz CT molecular complexity index is 2770. The van der Waals surface area contributed by atoms with Crippen LogP contribution in [0.3, 0.4) is 0 Å². The molecule has 1 saturated heterocycles. The molecule has 67 heavy (non-hydrogen) atoms. The van der Waals surface area contributed by atoms with Gasteiger partial charge in [0.1, 0.15) is 46.1 Å². The van der Waals surface area contributed by atoms with E-state index in [1.54, 1.807) is 26.2 Å². The number of aliphatic carboxylic acids is 1. The van der Waals surface area contributed by atoms with Gasteiger partial charge < -0.3 is 30.4 Å². The van der Waals surface area contributed by atoms with Gasteiger partial charge in [-0.2, -0.15) is 0 Å². The molecular formula is C48H48N7O8S4+. The van der Waals surface area contributed by atoms with Gasteiger partial charge in [0.05, 0.1) is 4.70 Å². The number of hydrogen-bond donors (Lipinski definition) is 4. The first-order valence-corrected chi connectivity index (χ1v) is 25.0. The first-order valence-electron chi connectivity index (χ1n) is 21.2. The first kappa shape index (κ1) is 47.4. The number of esters is 1. The van der Waals surface area contributed by atoms with Crippen molar-refractivity contribution >= 4 is 91.0 Å². The standard InChI is InChI=1S/C48H47N7O8S4/c1-46(2,3)62-43(61)47(4,5)63-53-36(34-28-65-44(49-34)52-48(30-15-9-6-10-16-30,31-17-11-7-12-18-31)32-19-13-8-14-20-32)39(57)51-37-40(58)55-38(42(59)60)29(26-64-41(37)55)27-66-45-50-33-25-54(23-24-56)22-21-35(33)67-45/h6-22,25,28,37,41,56H,23-24,26-27H2,1-5H3,(H2-,49,51,52,57,59,60)/p+1/t37?,41-/m0/s1. The average Bonchev–Trinajstić information content (AvgIpc) is 3.95. The second-order valence-electron chi connectivity index (χ2n) is 17.1. The number of rotatable bonds is 17. The third kappa shape index (κ3) is 10.1. The molecule has 3 aromatic carbocycles. The third-order valence-corrected chi connectivity index (χ3v) is 15.1. The van der Waals surface area contributed by atoms with E-state index in [2.05, 4.69) is 15.8 Å². The molecule has 346 valence electrons. The highest BCUT2D eigenvalue weighted by Gasteiger charge is 2.54. The number of aliphatic hydroxyl groups is 1. The maximum absolute atomic E-state index is 14.5. The second-order valence-corrected chi connectivity index (χ2v) is 21.3. The number of anilines is 1. The fourth-order valence-electron chi connectivity index (χ4n) is 7.55. The number of carbonyl (C=O) groups is 4. The molecule has 3 aromatic heterocycles. The Balaban J connectivity index is 1.07. The van der Waals surface area contributed by atoms with Crippen LogP contribution in [0.15, 0.2) is 136 Å². The molecular weight excluding hydrogens is 931 g/mol. The van der Waals surface area contributed by atoms with Crippen molar-refractivity contribution in [3.05, 3.63) is 148 Å². The van der Waals surface area contributed by atoms with Crippen LogP contribution in [-0.4, -0.2) is 95.3 Å². The Hall–Kier alpha value is -6.12. The number of β-lactam (4-membered cyclic amide) rings is 1. The fraction of sp³-hybridized carbons (Fsp3) is 0.292. The maximum Gasteiger partial charge on any atom is 0.353 e. The Labute approximate surface area is 403 Å². The highest BCUT2D eigenvalue weighted by molar-refractivity contribution is 8.02. The molecule has 0 spiro atoms. The molecule has 19 heteroatoms. The minimum absolute atomic E-state index is 0.00455. The number of carbonyl (C=O) groups excluding carboxylic acids is 3. The van der Waals surface area contributed by atoms with Crippen LogP contribution in [0.25, 0.3) is 10.2 Å². The average molecular weight is 979 g/mol. The number of thioether (sulfide) groups is 2. The number of carboxylic acids is 1. The number of hydrogen-bond acceptors (Lipinski definition) is 15. The highest BCUT2D eigenvalue weighted by atomic mass is 32.2. The fourth-order valence-corrected chi connectivity index (χ4v) is 11.8. The van der Waals surface area contributed by atoms with Gasteiger partial charge in [-0.25, -0.2) is 24.1 Å². The number of fused-ring (bicyclic) bond motifs is 2. The number of nitrogens with zero attached hydrogens (tertiary/aromatic N) is 5. The predicted molar refractivity (Wildman–Crippen MR) is 260 cm³/mol. The van der Waals surface area contributed by atoms with E-state index >= 15 is 0 Å². The highest BCUT2D eigenvalue weighted by Crippen LogP contribution is 2.43. The van der Waals surface area contributed by atoms with Crippen LogP contribution in [0.4, 0.5) is 5.13 Å². The second kappa shape index (κ2) is 19.6.